The average molecular weight is 299 g/mol. The SMILES string of the molecule is CCCNC(=O)CCNC(=O)N1CCC(C)CC1C(=O)O. The van der Waals surface area contributed by atoms with Crippen molar-refractivity contribution in [3.63, 3.8) is 0 Å². The first-order valence-corrected chi connectivity index (χ1v) is 7.49. The minimum atomic E-state index is -0.975. The number of carboxylic acids is 1. The average Bonchev–Trinajstić information content (AvgIpc) is 2.44. The summed E-state index contributed by atoms with van der Waals surface area (Å²) < 4.78 is 0. The van der Waals surface area contributed by atoms with E-state index < -0.39 is 18.0 Å². The van der Waals surface area contributed by atoms with Crippen molar-refractivity contribution < 1.29 is 19.5 Å². The van der Waals surface area contributed by atoms with Crippen LogP contribution >= 0.6 is 0 Å². The van der Waals surface area contributed by atoms with Gasteiger partial charge in [0.2, 0.25) is 5.91 Å². The summed E-state index contributed by atoms with van der Waals surface area (Å²) in [5.41, 5.74) is 0. The number of likely N-dealkylation sites (tertiary alicyclic amines) is 1. The molecule has 2 unspecified atom stereocenters. The molecule has 1 saturated heterocycles. The van der Waals surface area contributed by atoms with Crippen LogP contribution in [0.3, 0.4) is 0 Å². The highest BCUT2D eigenvalue weighted by atomic mass is 16.4. The van der Waals surface area contributed by atoms with E-state index in [1.165, 1.54) is 4.90 Å². The second kappa shape index (κ2) is 8.49. The number of carboxylic acid groups (broad SMARTS) is 1. The molecule has 2 atom stereocenters. The van der Waals surface area contributed by atoms with Crippen LogP contribution in [0.25, 0.3) is 0 Å². The lowest BCUT2D eigenvalue weighted by atomic mass is 9.93. The lowest BCUT2D eigenvalue weighted by Crippen LogP contribution is -2.53. The molecule has 7 nitrogen and oxygen atoms in total. The molecule has 0 saturated carbocycles. The number of amides is 3. The molecule has 1 aliphatic heterocycles. The third-order valence-electron chi connectivity index (χ3n) is 3.61. The number of aliphatic carboxylic acids is 1. The van der Waals surface area contributed by atoms with E-state index in [1.807, 2.05) is 13.8 Å². The second-order valence-electron chi connectivity index (χ2n) is 5.51. The molecular formula is C14H25N3O4. The molecule has 0 aromatic rings. The van der Waals surface area contributed by atoms with E-state index in [-0.39, 0.29) is 18.9 Å². The smallest absolute Gasteiger partial charge is 0.326 e. The van der Waals surface area contributed by atoms with Crippen molar-refractivity contribution in [2.75, 3.05) is 19.6 Å². The number of carbonyl (C=O) groups excluding carboxylic acids is 2. The second-order valence-corrected chi connectivity index (χ2v) is 5.51. The predicted octanol–water partition coefficient (Wildman–Crippen LogP) is 0.797. The summed E-state index contributed by atoms with van der Waals surface area (Å²) in [5, 5.41) is 14.5. The van der Waals surface area contributed by atoms with Crippen LogP contribution in [-0.2, 0) is 9.59 Å². The molecule has 0 aliphatic carbocycles. The zero-order valence-electron chi connectivity index (χ0n) is 12.7. The number of hydrogen-bond donors (Lipinski definition) is 3. The number of urea groups is 1. The largest absolute Gasteiger partial charge is 0.480 e. The zero-order valence-corrected chi connectivity index (χ0v) is 12.7. The Balaban J connectivity index is 2.39. The molecular weight excluding hydrogens is 274 g/mol. The van der Waals surface area contributed by atoms with Gasteiger partial charge in [-0.3, -0.25) is 4.79 Å². The number of nitrogens with one attached hydrogen (secondary N) is 2. The van der Waals surface area contributed by atoms with Crippen LogP contribution in [0, 0.1) is 5.92 Å². The number of hydrogen-bond acceptors (Lipinski definition) is 3. The zero-order chi connectivity index (χ0) is 15.8. The third kappa shape index (κ3) is 5.61. The van der Waals surface area contributed by atoms with Crippen molar-refractivity contribution >= 4 is 17.9 Å². The number of carbonyl (C=O) groups is 3. The van der Waals surface area contributed by atoms with Crippen molar-refractivity contribution in [2.45, 2.75) is 45.6 Å². The Labute approximate surface area is 125 Å². The topological polar surface area (TPSA) is 98.7 Å². The molecule has 3 N–H and O–H groups in total. The fraction of sp³-hybridized carbons (Fsp3) is 0.786. The molecule has 120 valence electrons. The van der Waals surface area contributed by atoms with E-state index in [4.69, 9.17) is 0 Å². The van der Waals surface area contributed by atoms with Gasteiger partial charge in [-0.25, -0.2) is 9.59 Å². The molecule has 1 aliphatic rings. The highest BCUT2D eigenvalue weighted by molar-refractivity contribution is 5.83. The van der Waals surface area contributed by atoms with Crippen molar-refractivity contribution in [1.29, 1.82) is 0 Å². The molecule has 3 amide bonds. The van der Waals surface area contributed by atoms with Gasteiger partial charge in [0.1, 0.15) is 6.04 Å². The normalized spacial score (nSPS) is 21.7. The molecule has 0 bridgehead atoms. The number of rotatable bonds is 6. The Kier molecular flexibility index (Phi) is 6.98. The first kappa shape index (κ1) is 17.3. The summed E-state index contributed by atoms with van der Waals surface area (Å²) in [7, 11) is 0. The predicted molar refractivity (Wildman–Crippen MR) is 77.8 cm³/mol. The van der Waals surface area contributed by atoms with E-state index in [0.717, 1.165) is 12.8 Å². The Morgan fingerprint density at radius 2 is 1.95 bits per heavy atom. The van der Waals surface area contributed by atoms with Crippen LogP contribution in [0.15, 0.2) is 0 Å². The summed E-state index contributed by atoms with van der Waals surface area (Å²) in [4.78, 5) is 36.0. The van der Waals surface area contributed by atoms with Gasteiger partial charge >= 0.3 is 12.0 Å². The minimum Gasteiger partial charge on any atom is -0.480 e. The molecule has 0 radical (unpaired) electrons. The van der Waals surface area contributed by atoms with Crippen molar-refractivity contribution in [1.82, 2.24) is 15.5 Å². The lowest BCUT2D eigenvalue weighted by Gasteiger charge is -2.35. The summed E-state index contributed by atoms with van der Waals surface area (Å²) in [6.45, 7) is 5.23. The molecule has 21 heavy (non-hydrogen) atoms. The van der Waals surface area contributed by atoms with Crippen LogP contribution in [0.1, 0.15) is 39.5 Å². The van der Waals surface area contributed by atoms with E-state index in [0.29, 0.717) is 25.4 Å². The summed E-state index contributed by atoms with van der Waals surface area (Å²) in [6, 6.07) is -1.18. The van der Waals surface area contributed by atoms with Crippen LogP contribution < -0.4 is 10.6 Å². The monoisotopic (exact) mass is 299 g/mol. The van der Waals surface area contributed by atoms with Gasteiger partial charge in [-0.05, 0) is 25.2 Å². The fourth-order valence-electron chi connectivity index (χ4n) is 2.36. The highest BCUT2D eigenvalue weighted by Crippen LogP contribution is 2.22. The number of nitrogens with zero attached hydrogens (tertiary/aromatic N) is 1. The van der Waals surface area contributed by atoms with E-state index in [9.17, 15) is 19.5 Å². The molecule has 0 aromatic heterocycles. The minimum absolute atomic E-state index is 0.112. The fourth-order valence-corrected chi connectivity index (χ4v) is 2.36. The van der Waals surface area contributed by atoms with Crippen LogP contribution in [0.5, 0.6) is 0 Å². The Bertz CT molecular complexity index is 386. The van der Waals surface area contributed by atoms with Gasteiger partial charge in [0.15, 0.2) is 0 Å². The van der Waals surface area contributed by atoms with Crippen LogP contribution in [0.4, 0.5) is 4.79 Å². The van der Waals surface area contributed by atoms with Crippen molar-refractivity contribution in [2.24, 2.45) is 5.92 Å². The Morgan fingerprint density at radius 1 is 1.24 bits per heavy atom. The van der Waals surface area contributed by atoms with Gasteiger partial charge in [-0.15, -0.1) is 0 Å². The first-order chi connectivity index (χ1) is 9.95. The first-order valence-electron chi connectivity index (χ1n) is 7.49. The lowest BCUT2D eigenvalue weighted by molar-refractivity contribution is -0.143. The molecule has 1 fully saturated rings. The maximum absolute atomic E-state index is 12.0. The highest BCUT2D eigenvalue weighted by Gasteiger charge is 2.34. The molecule has 0 spiro atoms. The summed E-state index contributed by atoms with van der Waals surface area (Å²) in [6.07, 6.45) is 2.34. The molecule has 1 rings (SSSR count). The van der Waals surface area contributed by atoms with Gasteiger partial charge < -0.3 is 20.6 Å². The third-order valence-corrected chi connectivity index (χ3v) is 3.61. The van der Waals surface area contributed by atoms with Gasteiger partial charge in [-0.2, -0.15) is 0 Å². The van der Waals surface area contributed by atoms with Crippen LogP contribution in [-0.4, -0.2) is 53.6 Å². The number of piperidine rings is 1. The maximum Gasteiger partial charge on any atom is 0.326 e. The standard InChI is InChI=1S/C14H25N3O4/c1-3-6-15-12(18)4-7-16-14(21)17-8-5-10(2)9-11(17)13(19)20/h10-11H,3-9H2,1-2H3,(H,15,18)(H,16,21)(H,19,20). The van der Waals surface area contributed by atoms with Gasteiger partial charge in [-0.1, -0.05) is 13.8 Å². The van der Waals surface area contributed by atoms with Crippen LogP contribution in [0.2, 0.25) is 0 Å². The van der Waals surface area contributed by atoms with E-state index in [2.05, 4.69) is 10.6 Å². The van der Waals surface area contributed by atoms with E-state index in [1.54, 1.807) is 0 Å². The molecule has 0 aromatic carbocycles. The van der Waals surface area contributed by atoms with Crippen molar-refractivity contribution in [3.05, 3.63) is 0 Å². The van der Waals surface area contributed by atoms with Gasteiger partial charge in [0.05, 0.1) is 0 Å². The van der Waals surface area contributed by atoms with Gasteiger partial charge in [0, 0.05) is 26.1 Å². The van der Waals surface area contributed by atoms with Crippen molar-refractivity contribution in [3.8, 4) is 0 Å². The quantitative estimate of drug-likeness (QED) is 0.675. The molecule has 7 heteroatoms. The Hall–Kier alpha value is -1.79. The molecule has 1 heterocycles. The Morgan fingerprint density at radius 3 is 2.57 bits per heavy atom. The van der Waals surface area contributed by atoms with E-state index >= 15 is 0 Å². The maximum atomic E-state index is 12.0. The van der Waals surface area contributed by atoms with Gasteiger partial charge in [0.25, 0.3) is 0 Å². The summed E-state index contributed by atoms with van der Waals surface area (Å²) in [5.74, 6) is -0.786. The summed E-state index contributed by atoms with van der Waals surface area (Å²) >= 11 is 0.